The molecule has 0 radical (unpaired) electrons. The van der Waals surface area contributed by atoms with Crippen molar-refractivity contribution < 1.29 is 23.0 Å². The molecule has 35 heavy (non-hydrogen) atoms. The number of para-hydroxylation sites is 1. The van der Waals surface area contributed by atoms with Gasteiger partial charge in [0.1, 0.15) is 12.4 Å². The summed E-state index contributed by atoms with van der Waals surface area (Å²) in [6, 6.07) is 23.3. The molecule has 1 amide bonds. The lowest BCUT2D eigenvalue weighted by Gasteiger charge is -2.34. The van der Waals surface area contributed by atoms with Crippen molar-refractivity contribution in [2.75, 3.05) is 6.61 Å². The molecule has 3 aromatic carbocycles. The van der Waals surface area contributed by atoms with Crippen molar-refractivity contribution in [1.29, 1.82) is 0 Å². The van der Waals surface area contributed by atoms with Crippen molar-refractivity contribution in [2.45, 2.75) is 43.9 Å². The smallest absolute Gasteiger partial charge is 0.410 e. The predicted octanol–water partition coefficient (Wildman–Crippen LogP) is 6.86. The average Bonchev–Trinajstić information content (AvgIpc) is 3.33. The molecule has 3 aliphatic rings. The molecule has 0 aromatic heterocycles. The van der Waals surface area contributed by atoms with Crippen LogP contribution >= 0.6 is 0 Å². The van der Waals surface area contributed by atoms with E-state index >= 15 is 0 Å². The lowest BCUT2D eigenvalue weighted by atomic mass is 9.94. The summed E-state index contributed by atoms with van der Waals surface area (Å²) in [7, 11) is 0. The molecular weight excluding hydrogens is 448 g/mol. The number of hydrogen-bond acceptors (Lipinski definition) is 3. The van der Waals surface area contributed by atoms with Crippen LogP contribution in [0.3, 0.4) is 0 Å². The highest BCUT2D eigenvalue weighted by molar-refractivity contribution is 5.80. The van der Waals surface area contributed by atoms with Gasteiger partial charge in [-0.1, -0.05) is 72.8 Å². The van der Waals surface area contributed by atoms with Crippen molar-refractivity contribution in [1.82, 2.24) is 4.90 Å². The fourth-order valence-corrected chi connectivity index (χ4v) is 5.91. The Kier molecular flexibility index (Phi) is 5.51. The van der Waals surface area contributed by atoms with Gasteiger partial charge in [0.15, 0.2) is 0 Å². The zero-order chi connectivity index (χ0) is 23.9. The van der Waals surface area contributed by atoms with Crippen LogP contribution in [0.2, 0.25) is 0 Å². The van der Waals surface area contributed by atoms with Gasteiger partial charge in [-0.2, -0.15) is 8.78 Å². The summed E-state index contributed by atoms with van der Waals surface area (Å²) in [6.07, 6.45) is 3.97. The van der Waals surface area contributed by atoms with Crippen LogP contribution in [0, 0.1) is 0 Å². The summed E-state index contributed by atoms with van der Waals surface area (Å²) in [6.45, 7) is -2.60. The van der Waals surface area contributed by atoms with Crippen LogP contribution in [0.15, 0.2) is 78.9 Å². The highest BCUT2D eigenvalue weighted by Crippen LogP contribution is 2.45. The number of carbonyl (C=O) groups is 1. The molecular formula is C29H25F2NO3. The van der Waals surface area contributed by atoms with E-state index in [-0.39, 0.29) is 36.5 Å². The highest BCUT2D eigenvalue weighted by Gasteiger charge is 2.41. The van der Waals surface area contributed by atoms with Crippen molar-refractivity contribution >= 4 is 11.7 Å². The minimum Gasteiger partial charge on any atom is -0.448 e. The number of benzene rings is 3. The van der Waals surface area contributed by atoms with Gasteiger partial charge < -0.3 is 9.47 Å². The second-order valence-corrected chi connectivity index (χ2v) is 9.28. The summed E-state index contributed by atoms with van der Waals surface area (Å²) < 4.78 is 36.4. The molecule has 0 saturated carbocycles. The zero-order valence-corrected chi connectivity index (χ0v) is 19.1. The van der Waals surface area contributed by atoms with Crippen LogP contribution in [0.1, 0.15) is 41.9 Å². The normalized spacial score (nSPS) is 20.4. The Bertz CT molecular complexity index is 1260. The van der Waals surface area contributed by atoms with Crippen molar-refractivity contribution in [3.63, 3.8) is 0 Å². The maximum Gasteiger partial charge on any atom is 0.410 e. The number of fused-ring (bicyclic) bond motifs is 5. The molecule has 2 aliphatic heterocycles. The van der Waals surface area contributed by atoms with Crippen LogP contribution in [-0.2, 0) is 4.74 Å². The Labute approximate surface area is 202 Å². The highest BCUT2D eigenvalue weighted by atomic mass is 19.3. The number of carbonyl (C=O) groups excluding carboxylic acids is 1. The van der Waals surface area contributed by atoms with Gasteiger partial charge in [0.25, 0.3) is 0 Å². The van der Waals surface area contributed by atoms with Gasteiger partial charge in [0.2, 0.25) is 0 Å². The van der Waals surface area contributed by atoms with Crippen LogP contribution in [0.5, 0.6) is 5.75 Å². The molecule has 1 aliphatic carbocycles. The van der Waals surface area contributed by atoms with Gasteiger partial charge in [-0.15, -0.1) is 0 Å². The van der Waals surface area contributed by atoms with E-state index in [0.29, 0.717) is 12.0 Å². The summed E-state index contributed by atoms with van der Waals surface area (Å²) in [5.41, 5.74) is 6.36. The third-order valence-corrected chi connectivity index (χ3v) is 7.39. The van der Waals surface area contributed by atoms with Crippen LogP contribution in [-0.4, -0.2) is 36.3 Å². The van der Waals surface area contributed by atoms with Crippen LogP contribution in [0.4, 0.5) is 13.6 Å². The van der Waals surface area contributed by atoms with Gasteiger partial charge in [-0.05, 0) is 53.2 Å². The first-order valence-corrected chi connectivity index (χ1v) is 12.0. The van der Waals surface area contributed by atoms with E-state index in [9.17, 15) is 13.6 Å². The molecule has 0 N–H and O–H groups in total. The molecule has 2 bridgehead atoms. The first-order chi connectivity index (χ1) is 17.1. The largest absolute Gasteiger partial charge is 0.448 e. The number of nitrogens with zero attached hydrogens (tertiary/aromatic N) is 1. The number of halogens is 2. The first kappa shape index (κ1) is 21.8. The summed E-state index contributed by atoms with van der Waals surface area (Å²) in [5.74, 6) is 0.181. The molecule has 2 heterocycles. The fourth-order valence-electron chi connectivity index (χ4n) is 5.91. The molecule has 178 valence electrons. The molecule has 4 nitrogen and oxygen atoms in total. The maximum atomic E-state index is 13.2. The van der Waals surface area contributed by atoms with Gasteiger partial charge in [-0.25, -0.2) is 4.79 Å². The van der Waals surface area contributed by atoms with Crippen LogP contribution in [0.25, 0.3) is 16.7 Å². The molecule has 2 atom stereocenters. The minimum absolute atomic E-state index is 0.0123. The molecule has 3 aromatic rings. The zero-order valence-electron chi connectivity index (χ0n) is 19.1. The third kappa shape index (κ3) is 3.87. The Hall–Kier alpha value is -3.67. The van der Waals surface area contributed by atoms with Gasteiger partial charge in [-0.3, -0.25) is 4.90 Å². The van der Waals surface area contributed by atoms with E-state index in [1.807, 2.05) is 41.3 Å². The Morgan fingerprint density at radius 2 is 1.51 bits per heavy atom. The van der Waals surface area contributed by atoms with Gasteiger partial charge in [0.05, 0.1) is 6.04 Å². The molecule has 0 spiro atoms. The van der Waals surface area contributed by atoms with Crippen LogP contribution < -0.4 is 4.74 Å². The molecule has 1 saturated heterocycles. The van der Waals surface area contributed by atoms with E-state index in [4.69, 9.17) is 9.47 Å². The van der Waals surface area contributed by atoms with E-state index in [0.717, 1.165) is 18.4 Å². The van der Waals surface area contributed by atoms with E-state index in [1.165, 1.54) is 22.3 Å². The number of alkyl halides is 2. The van der Waals surface area contributed by atoms with E-state index in [2.05, 4.69) is 24.3 Å². The van der Waals surface area contributed by atoms with Crippen molar-refractivity contribution in [3.05, 3.63) is 95.6 Å². The summed E-state index contributed by atoms with van der Waals surface area (Å²) in [5, 5.41) is 0. The number of hydrogen-bond donors (Lipinski definition) is 0. The Morgan fingerprint density at radius 1 is 0.886 bits per heavy atom. The second kappa shape index (κ2) is 8.84. The molecule has 6 heteroatoms. The van der Waals surface area contributed by atoms with Crippen molar-refractivity contribution in [2.24, 2.45) is 0 Å². The van der Waals surface area contributed by atoms with Gasteiger partial charge in [0, 0.05) is 17.5 Å². The van der Waals surface area contributed by atoms with E-state index < -0.39 is 6.61 Å². The lowest BCUT2D eigenvalue weighted by molar-refractivity contribution is -0.0500. The minimum atomic E-state index is -2.88. The number of amides is 1. The lowest BCUT2D eigenvalue weighted by Crippen LogP contribution is -2.43. The van der Waals surface area contributed by atoms with Crippen molar-refractivity contribution in [3.8, 4) is 16.9 Å². The average molecular weight is 474 g/mol. The summed E-state index contributed by atoms with van der Waals surface area (Å²) in [4.78, 5) is 15.1. The predicted molar refractivity (Wildman–Crippen MR) is 129 cm³/mol. The number of ether oxygens (including phenoxy) is 2. The SMILES string of the molecule is O=C(OCC1c2ccccc2-c2ccccc21)N1C2C=C(c3ccccc3OC(F)F)CC1CC2. The number of rotatable bonds is 5. The second-order valence-electron chi connectivity index (χ2n) is 9.28. The maximum absolute atomic E-state index is 13.2. The standard InChI is InChI=1S/C29H25F2NO3/c30-28(31)35-27-12-6-5-7-21(27)18-15-19-13-14-20(16-18)32(19)29(33)34-17-26-24-10-3-1-8-22(24)23-9-2-4-11-25(23)26/h1-12,15,19-20,26,28H,13-14,16-17H2. The molecule has 6 rings (SSSR count). The van der Waals surface area contributed by atoms with Gasteiger partial charge >= 0.3 is 12.7 Å². The first-order valence-electron chi connectivity index (χ1n) is 12.0. The quantitative estimate of drug-likeness (QED) is 0.406. The molecule has 1 fully saturated rings. The summed E-state index contributed by atoms with van der Waals surface area (Å²) >= 11 is 0. The third-order valence-electron chi connectivity index (χ3n) is 7.39. The topological polar surface area (TPSA) is 38.8 Å². The molecule has 2 unspecified atom stereocenters. The monoisotopic (exact) mass is 473 g/mol. The van der Waals surface area contributed by atoms with E-state index in [1.54, 1.807) is 18.2 Å². The Morgan fingerprint density at radius 3 is 2.17 bits per heavy atom. The fraction of sp³-hybridized carbons (Fsp3) is 0.276. The Balaban J connectivity index is 1.20.